The van der Waals surface area contributed by atoms with Gasteiger partial charge in [-0.2, -0.15) is 0 Å². The van der Waals surface area contributed by atoms with Crippen LogP contribution in [0.2, 0.25) is 0 Å². The minimum Gasteiger partial charge on any atom is -0.508 e. The number of esters is 1. The van der Waals surface area contributed by atoms with Crippen molar-refractivity contribution in [2.75, 3.05) is 13.2 Å². The molecule has 3 unspecified atom stereocenters. The summed E-state index contributed by atoms with van der Waals surface area (Å²) in [6.45, 7) is 11.3. The minimum absolute atomic E-state index is 0.0457. The Balaban J connectivity index is 2.56. The monoisotopic (exact) mass is 613 g/mol. The van der Waals surface area contributed by atoms with Gasteiger partial charge in [0.25, 0.3) is 0 Å². The normalized spacial score (nSPS) is 13.6. The third-order valence-corrected chi connectivity index (χ3v) is 6.29. The Bertz CT molecular complexity index is 1250. The van der Waals surface area contributed by atoms with Crippen molar-refractivity contribution in [1.82, 2.24) is 15.5 Å². The molecule has 3 amide bonds. The van der Waals surface area contributed by atoms with Gasteiger partial charge < -0.3 is 35.2 Å². The highest BCUT2D eigenvalue weighted by molar-refractivity contribution is 5.94. The lowest BCUT2D eigenvalue weighted by Crippen LogP contribution is -2.56. The Morgan fingerprint density at radius 3 is 1.98 bits per heavy atom. The zero-order valence-corrected chi connectivity index (χ0v) is 26.8. The van der Waals surface area contributed by atoms with Gasteiger partial charge in [0.1, 0.15) is 35.1 Å². The van der Waals surface area contributed by atoms with Crippen molar-refractivity contribution in [3.8, 4) is 5.75 Å². The number of hydrogen-bond acceptors (Lipinski definition) is 8. The molecule has 0 spiro atoms. The lowest BCUT2D eigenvalue weighted by Gasteiger charge is -2.35. The van der Waals surface area contributed by atoms with Crippen LogP contribution in [-0.2, 0) is 30.3 Å². The van der Waals surface area contributed by atoms with Crippen LogP contribution in [0.5, 0.6) is 5.75 Å². The molecule has 0 saturated heterocycles. The van der Waals surface area contributed by atoms with Crippen LogP contribution in [-0.4, -0.2) is 75.4 Å². The number of carbonyl (C=O) groups is 4. The molecule has 0 aromatic heterocycles. The number of alkyl carbamates (subject to hydrolysis) is 1. The highest BCUT2D eigenvalue weighted by Gasteiger charge is 2.39. The number of phenols is 1. The molecule has 3 atom stereocenters. The van der Waals surface area contributed by atoms with E-state index in [4.69, 9.17) is 9.47 Å². The van der Waals surface area contributed by atoms with E-state index in [-0.39, 0.29) is 24.3 Å². The molecule has 4 N–H and O–H groups in total. The molecule has 2 aromatic carbocycles. The van der Waals surface area contributed by atoms with Crippen molar-refractivity contribution in [2.45, 2.75) is 97.1 Å². The van der Waals surface area contributed by atoms with Gasteiger partial charge in [-0.25, -0.2) is 9.59 Å². The van der Waals surface area contributed by atoms with Crippen LogP contribution in [0, 0.1) is 0 Å². The van der Waals surface area contributed by atoms with E-state index in [1.807, 2.05) is 37.3 Å². The quantitative estimate of drug-likeness (QED) is 0.247. The molecule has 0 radical (unpaired) electrons. The Morgan fingerprint density at radius 1 is 0.841 bits per heavy atom. The van der Waals surface area contributed by atoms with E-state index in [9.17, 15) is 29.4 Å². The maximum Gasteiger partial charge on any atom is 0.408 e. The molecule has 44 heavy (non-hydrogen) atoms. The van der Waals surface area contributed by atoms with Gasteiger partial charge in [0.2, 0.25) is 11.8 Å². The highest BCUT2D eigenvalue weighted by Crippen LogP contribution is 2.30. The third-order valence-electron chi connectivity index (χ3n) is 6.29. The lowest BCUT2D eigenvalue weighted by atomic mass is 9.99. The second-order valence-electron chi connectivity index (χ2n) is 12.5. The van der Waals surface area contributed by atoms with Gasteiger partial charge in [0.05, 0.1) is 6.61 Å². The lowest BCUT2D eigenvalue weighted by molar-refractivity contribution is -0.159. The second kappa shape index (κ2) is 16.1. The first kappa shape index (κ1) is 36.1. The molecule has 2 rings (SSSR count). The summed E-state index contributed by atoms with van der Waals surface area (Å²) in [4.78, 5) is 55.2. The summed E-state index contributed by atoms with van der Waals surface area (Å²) in [5, 5.41) is 26.1. The number of para-hydroxylation sites is 1. The van der Waals surface area contributed by atoms with Crippen molar-refractivity contribution in [3.05, 3.63) is 65.7 Å². The molecule has 0 aliphatic carbocycles. The summed E-state index contributed by atoms with van der Waals surface area (Å²) in [5.74, 6) is -2.44. The van der Waals surface area contributed by atoms with Crippen molar-refractivity contribution in [3.63, 3.8) is 0 Å². The molecule has 0 fully saturated rings. The van der Waals surface area contributed by atoms with E-state index in [2.05, 4.69) is 10.6 Å². The number of carbonyl (C=O) groups excluding carboxylic acids is 4. The number of benzene rings is 2. The molecular weight excluding hydrogens is 566 g/mol. The molecule has 0 bridgehead atoms. The van der Waals surface area contributed by atoms with Crippen molar-refractivity contribution < 1.29 is 38.9 Å². The fraction of sp³-hybridized carbons (Fsp3) is 0.515. The van der Waals surface area contributed by atoms with Crippen molar-refractivity contribution in [1.29, 1.82) is 0 Å². The summed E-state index contributed by atoms with van der Waals surface area (Å²) < 4.78 is 10.9. The number of rotatable bonds is 13. The number of aromatic hydroxyl groups is 1. The van der Waals surface area contributed by atoms with Crippen LogP contribution in [0.1, 0.15) is 78.5 Å². The fourth-order valence-corrected chi connectivity index (χ4v) is 4.37. The molecule has 0 aliphatic rings. The van der Waals surface area contributed by atoms with Crippen LogP contribution in [0.3, 0.4) is 0 Å². The summed E-state index contributed by atoms with van der Waals surface area (Å²) in [7, 11) is 0. The minimum atomic E-state index is -1.45. The summed E-state index contributed by atoms with van der Waals surface area (Å²) in [6.07, 6.45) is 0.304. The zero-order chi connectivity index (χ0) is 33.1. The van der Waals surface area contributed by atoms with Crippen molar-refractivity contribution in [2.24, 2.45) is 0 Å². The molecule has 11 heteroatoms. The predicted molar refractivity (Wildman–Crippen MR) is 166 cm³/mol. The number of ether oxygens (including phenoxy) is 2. The van der Waals surface area contributed by atoms with Crippen LogP contribution in [0.4, 0.5) is 4.79 Å². The van der Waals surface area contributed by atoms with E-state index in [0.29, 0.717) is 12.8 Å². The zero-order valence-electron chi connectivity index (χ0n) is 26.8. The molecule has 242 valence electrons. The number of aliphatic hydroxyl groups is 1. The number of hydrogen-bond donors (Lipinski definition) is 4. The SMILES string of the molecule is CCCCN(C(=O)C(CO)NC(=O)OC(C)(C)C)C(C(=O)NC(Cc1ccccc1)C(=O)OC(C)(C)C)c1ccccc1O. The maximum absolute atomic E-state index is 14.2. The Kier molecular flexibility index (Phi) is 13.2. The molecule has 0 aliphatic heterocycles. The number of aliphatic hydroxyl groups excluding tert-OH is 1. The Hall–Kier alpha value is -4.12. The van der Waals surface area contributed by atoms with Gasteiger partial charge >= 0.3 is 12.1 Å². The van der Waals surface area contributed by atoms with Gasteiger partial charge in [0.15, 0.2) is 0 Å². The van der Waals surface area contributed by atoms with Gasteiger partial charge in [-0.3, -0.25) is 9.59 Å². The standard InChI is InChI=1S/C33H47N3O8/c1-8-9-19-36(29(40)25(21-37)35-31(42)44-33(5,6)7)27(23-17-13-14-18-26(23)38)28(39)34-24(30(41)43-32(2,3)4)20-22-15-11-10-12-16-22/h10-18,24-25,27,37-38H,8-9,19-21H2,1-7H3,(H,34,39)(H,35,42). The van der Waals surface area contributed by atoms with Crippen LogP contribution < -0.4 is 10.6 Å². The van der Waals surface area contributed by atoms with E-state index < -0.39 is 59.8 Å². The number of nitrogens with zero attached hydrogens (tertiary/aromatic N) is 1. The number of unbranched alkanes of at least 4 members (excludes halogenated alkanes) is 1. The number of nitrogens with one attached hydrogen (secondary N) is 2. The van der Waals surface area contributed by atoms with E-state index in [1.54, 1.807) is 53.7 Å². The first-order valence-corrected chi connectivity index (χ1v) is 14.8. The number of amides is 3. The van der Waals surface area contributed by atoms with Gasteiger partial charge in [0, 0.05) is 18.5 Å². The maximum atomic E-state index is 14.2. The summed E-state index contributed by atoms with van der Waals surface area (Å²) >= 11 is 0. The first-order chi connectivity index (χ1) is 20.6. The fourth-order valence-electron chi connectivity index (χ4n) is 4.37. The van der Waals surface area contributed by atoms with Crippen LogP contribution >= 0.6 is 0 Å². The summed E-state index contributed by atoms with van der Waals surface area (Å²) in [6, 6.07) is 11.1. The van der Waals surface area contributed by atoms with E-state index in [0.717, 1.165) is 5.56 Å². The Morgan fingerprint density at radius 2 is 1.43 bits per heavy atom. The second-order valence-corrected chi connectivity index (χ2v) is 12.5. The van der Waals surface area contributed by atoms with Gasteiger partial charge in [-0.1, -0.05) is 61.9 Å². The van der Waals surface area contributed by atoms with E-state index >= 15 is 0 Å². The molecule has 2 aromatic rings. The average molecular weight is 614 g/mol. The molecular formula is C33H47N3O8. The Labute approximate surface area is 259 Å². The topological polar surface area (TPSA) is 154 Å². The number of phenolic OH excluding ortho intramolecular Hbond substituents is 1. The van der Waals surface area contributed by atoms with Gasteiger partial charge in [-0.05, 0) is 59.6 Å². The van der Waals surface area contributed by atoms with Gasteiger partial charge in [-0.15, -0.1) is 0 Å². The predicted octanol–water partition coefficient (Wildman–Crippen LogP) is 4.02. The van der Waals surface area contributed by atoms with Crippen molar-refractivity contribution >= 4 is 23.9 Å². The van der Waals surface area contributed by atoms with Crippen LogP contribution in [0.15, 0.2) is 54.6 Å². The van der Waals surface area contributed by atoms with Crippen LogP contribution in [0.25, 0.3) is 0 Å². The molecule has 0 saturated carbocycles. The molecule has 0 heterocycles. The first-order valence-electron chi connectivity index (χ1n) is 14.8. The molecule has 11 nitrogen and oxygen atoms in total. The summed E-state index contributed by atoms with van der Waals surface area (Å²) in [5.41, 5.74) is -0.823. The smallest absolute Gasteiger partial charge is 0.408 e. The average Bonchev–Trinajstić information content (AvgIpc) is 2.92. The third kappa shape index (κ3) is 11.5. The largest absolute Gasteiger partial charge is 0.508 e. The highest BCUT2D eigenvalue weighted by atomic mass is 16.6. The van der Waals surface area contributed by atoms with E-state index in [1.165, 1.54) is 17.0 Å².